The van der Waals surface area contributed by atoms with Crippen LogP contribution in [0, 0.1) is 5.92 Å². The summed E-state index contributed by atoms with van der Waals surface area (Å²) in [5.41, 5.74) is 16.5. The third-order valence-corrected chi connectivity index (χ3v) is 11.6. The lowest BCUT2D eigenvalue weighted by Gasteiger charge is -2.27. The summed E-state index contributed by atoms with van der Waals surface area (Å²) in [7, 11) is 0. The molecule has 0 fully saturated rings. The zero-order valence-corrected chi connectivity index (χ0v) is 32.1. The Kier molecular flexibility index (Phi) is 8.18. The Bertz CT molecular complexity index is 3170. The SMILES string of the molecule is CC1C=Cc2c(oc3ccc(-c4cccc(N(c5cccc(-c6ccc(-c7ccccc7)cc6)c5)c5cccc(-c6ccc7oc8ccccc8c7c6)c5)c4)cc23)C1. The van der Waals surface area contributed by atoms with Crippen LogP contribution in [-0.4, -0.2) is 0 Å². The van der Waals surface area contributed by atoms with Gasteiger partial charge < -0.3 is 13.7 Å². The van der Waals surface area contributed by atoms with E-state index in [1.54, 1.807) is 0 Å². The Morgan fingerprint density at radius 1 is 0.397 bits per heavy atom. The highest BCUT2D eigenvalue weighted by Crippen LogP contribution is 2.42. The molecule has 0 radical (unpaired) electrons. The van der Waals surface area contributed by atoms with Crippen molar-refractivity contribution in [1.82, 2.24) is 0 Å². The molecule has 0 saturated heterocycles. The second-order valence-electron chi connectivity index (χ2n) is 15.4. The second-order valence-corrected chi connectivity index (χ2v) is 15.4. The number of anilines is 3. The van der Waals surface area contributed by atoms with Gasteiger partial charge in [-0.1, -0.05) is 140 Å². The minimum atomic E-state index is 0.481. The van der Waals surface area contributed by atoms with E-state index in [0.717, 1.165) is 84.6 Å². The van der Waals surface area contributed by atoms with Crippen molar-refractivity contribution in [2.45, 2.75) is 13.3 Å². The Balaban J connectivity index is 1.02. The van der Waals surface area contributed by atoms with Gasteiger partial charge in [0, 0.05) is 45.2 Å². The van der Waals surface area contributed by atoms with E-state index in [4.69, 9.17) is 8.83 Å². The van der Waals surface area contributed by atoms with Crippen molar-refractivity contribution in [3.8, 4) is 44.5 Å². The molecule has 11 rings (SSSR count). The van der Waals surface area contributed by atoms with Gasteiger partial charge in [0.25, 0.3) is 0 Å². The largest absolute Gasteiger partial charge is 0.460 e. The van der Waals surface area contributed by atoms with Crippen LogP contribution in [0.2, 0.25) is 0 Å². The predicted octanol–water partition coefficient (Wildman–Crippen LogP) is 15.7. The van der Waals surface area contributed by atoms with E-state index in [0.29, 0.717) is 5.92 Å². The van der Waals surface area contributed by atoms with E-state index in [9.17, 15) is 0 Å². The molecule has 2 heterocycles. The van der Waals surface area contributed by atoms with Gasteiger partial charge in [0.1, 0.15) is 22.5 Å². The Morgan fingerprint density at radius 2 is 0.862 bits per heavy atom. The predicted molar refractivity (Wildman–Crippen MR) is 242 cm³/mol. The number of benzene rings is 8. The van der Waals surface area contributed by atoms with E-state index in [-0.39, 0.29) is 0 Å². The quantitative estimate of drug-likeness (QED) is 0.163. The first kappa shape index (κ1) is 33.9. The lowest BCUT2D eigenvalue weighted by molar-refractivity contribution is 0.513. The number of nitrogens with zero attached hydrogens (tertiary/aromatic N) is 1. The fourth-order valence-electron chi connectivity index (χ4n) is 8.61. The maximum Gasteiger partial charge on any atom is 0.135 e. The molecule has 3 nitrogen and oxygen atoms in total. The zero-order chi connectivity index (χ0) is 38.6. The van der Waals surface area contributed by atoms with Gasteiger partial charge in [0.05, 0.1) is 0 Å². The molecule has 1 aliphatic rings. The summed E-state index contributed by atoms with van der Waals surface area (Å²) in [5, 5.41) is 3.41. The van der Waals surface area contributed by atoms with Crippen LogP contribution in [0.4, 0.5) is 17.1 Å². The van der Waals surface area contributed by atoms with Gasteiger partial charge >= 0.3 is 0 Å². The summed E-state index contributed by atoms with van der Waals surface area (Å²) in [6.07, 6.45) is 5.46. The van der Waals surface area contributed by atoms with E-state index in [2.05, 4.69) is 200 Å². The summed E-state index contributed by atoms with van der Waals surface area (Å²) in [4.78, 5) is 2.38. The third kappa shape index (κ3) is 6.09. The molecule has 58 heavy (non-hydrogen) atoms. The molecule has 0 N–H and O–H groups in total. The fourth-order valence-corrected chi connectivity index (χ4v) is 8.61. The normalized spacial score (nSPS) is 13.6. The number of allylic oxidation sites excluding steroid dienone is 1. The number of hydrogen-bond acceptors (Lipinski definition) is 3. The van der Waals surface area contributed by atoms with Crippen LogP contribution in [0.1, 0.15) is 18.2 Å². The molecule has 10 aromatic rings. The van der Waals surface area contributed by atoms with E-state index in [1.807, 2.05) is 12.1 Å². The van der Waals surface area contributed by atoms with Crippen molar-refractivity contribution in [2.24, 2.45) is 5.92 Å². The van der Waals surface area contributed by atoms with E-state index in [1.165, 1.54) is 27.6 Å². The maximum atomic E-state index is 6.33. The summed E-state index contributed by atoms with van der Waals surface area (Å²) < 4.78 is 12.5. The molecule has 8 aromatic carbocycles. The van der Waals surface area contributed by atoms with Crippen molar-refractivity contribution in [2.75, 3.05) is 4.90 Å². The summed E-state index contributed by atoms with van der Waals surface area (Å²) in [6.45, 7) is 2.24. The Labute approximate surface area is 337 Å². The molecule has 2 aromatic heterocycles. The highest BCUT2D eigenvalue weighted by atomic mass is 16.3. The van der Waals surface area contributed by atoms with Gasteiger partial charge in [-0.05, 0) is 117 Å². The summed E-state index contributed by atoms with van der Waals surface area (Å²) in [5.74, 6) is 1.56. The first-order valence-corrected chi connectivity index (χ1v) is 20.0. The molecular weight excluding hydrogens is 707 g/mol. The number of rotatable bonds is 7. The van der Waals surface area contributed by atoms with Crippen molar-refractivity contribution in [3.05, 3.63) is 205 Å². The molecule has 1 atom stereocenters. The van der Waals surface area contributed by atoms with Crippen LogP contribution in [0.15, 0.2) is 203 Å². The molecular formula is C55H39NO2. The van der Waals surface area contributed by atoms with E-state index >= 15 is 0 Å². The second kappa shape index (κ2) is 14.0. The van der Waals surface area contributed by atoms with Gasteiger partial charge in [-0.25, -0.2) is 0 Å². The average molecular weight is 746 g/mol. The number of furan rings is 2. The first-order chi connectivity index (χ1) is 28.6. The van der Waals surface area contributed by atoms with Crippen LogP contribution >= 0.6 is 0 Å². The highest BCUT2D eigenvalue weighted by Gasteiger charge is 2.20. The number of hydrogen-bond donors (Lipinski definition) is 0. The third-order valence-electron chi connectivity index (χ3n) is 11.6. The van der Waals surface area contributed by atoms with Crippen LogP contribution in [0.3, 0.4) is 0 Å². The van der Waals surface area contributed by atoms with Crippen LogP contribution in [0.5, 0.6) is 0 Å². The topological polar surface area (TPSA) is 29.5 Å². The van der Waals surface area contributed by atoms with Crippen LogP contribution in [-0.2, 0) is 6.42 Å². The molecule has 1 aliphatic carbocycles. The summed E-state index contributed by atoms with van der Waals surface area (Å²) >= 11 is 0. The first-order valence-electron chi connectivity index (χ1n) is 20.0. The maximum absolute atomic E-state index is 6.33. The average Bonchev–Trinajstić information content (AvgIpc) is 3.84. The molecule has 0 spiro atoms. The molecule has 1 unspecified atom stereocenters. The lowest BCUT2D eigenvalue weighted by atomic mass is 9.94. The van der Waals surface area contributed by atoms with E-state index < -0.39 is 0 Å². The molecule has 276 valence electrons. The van der Waals surface area contributed by atoms with Crippen molar-refractivity contribution < 1.29 is 8.83 Å². The monoisotopic (exact) mass is 745 g/mol. The number of fused-ring (bicyclic) bond motifs is 6. The zero-order valence-electron chi connectivity index (χ0n) is 32.1. The van der Waals surface area contributed by atoms with Gasteiger partial charge in [-0.3, -0.25) is 0 Å². The van der Waals surface area contributed by atoms with Gasteiger partial charge in [-0.15, -0.1) is 0 Å². The Hall–Kier alpha value is -7.36. The highest BCUT2D eigenvalue weighted by molar-refractivity contribution is 6.06. The van der Waals surface area contributed by atoms with Crippen molar-refractivity contribution in [1.29, 1.82) is 0 Å². The molecule has 0 bridgehead atoms. The molecule has 0 saturated carbocycles. The van der Waals surface area contributed by atoms with Crippen LogP contribution in [0.25, 0.3) is 83.5 Å². The summed E-state index contributed by atoms with van der Waals surface area (Å²) in [6, 6.07) is 67.4. The lowest BCUT2D eigenvalue weighted by Crippen LogP contribution is -2.10. The minimum absolute atomic E-state index is 0.481. The van der Waals surface area contributed by atoms with Gasteiger partial charge in [0.2, 0.25) is 0 Å². The van der Waals surface area contributed by atoms with Gasteiger partial charge in [0.15, 0.2) is 0 Å². The van der Waals surface area contributed by atoms with Crippen molar-refractivity contribution in [3.63, 3.8) is 0 Å². The standard InChI is InChI=1S/C55H39NO2/c1-36-20-27-49-51-35-44(26-29-54(51)58-55(49)30-36)42-14-9-17-47(33-42)56(45-15-7-12-40(31-45)39-23-21-38(22-24-39)37-10-3-2-4-11-37)46-16-8-13-41(32-46)43-25-28-53-50(34-43)48-18-5-6-19-52(48)57-53/h2-29,31-36H,30H2,1H3. The fraction of sp³-hybridized carbons (Fsp3) is 0.0545. The van der Waals surface area contributed by atoms with Gasteiger partial charge in [-0.2, -0.15) is 0 Å². The molecule has 3 heteroatoms. The molecule has 0 amide bonds. The molecule has 0 aliphatic heterocycles. The minimum Gasteiger partial charge on any atom is -0.460 e. The van der Waals surface area contributed by atoms with Crippen molar-refractivity contribution >= 4 is 56.0 Å². The smallest absolute Gasteiger partial charge is 0.135 e. The Morgan fingerprint density at radius 3 is 1.52 bits per heavy atom. The number of para-hydroxylation sites is 1. The van der Waals surface area contributed by atoms with Crippen LogP contribution < -0.4 is 4.90 Å².